The molecule has 1 amide bonds. The number of aromatic amines is 1. The third kappa shape index (κ3) is 2.38. The fourth-order valence-electron chi connectivity index (χ4n) is 2.15. The molecule has 3 rings (SSSR count). The number of anilines is 1. The molecular formula is C15H14N4O. The predicted molar refractivity (Wildman–Crippen MR) is 77.8 cm³/mol. The average molecular weight is 266 g/mol. The van der Waals surface area contributed by atoms with Crippen LogP contribution in [0.15, 0.2) is 36.5 Å². The van der Waals surface area contributed by atoms with Crippen molar-refractivity contribution in [3.63, 3.8) is 0 Å². The number of amides is 1. The quantitative estimate of drug-likeness (QED) is 0.749. The van der Waals surface area contributed by atoms with Crippen molar-refractivity contribution >= 4 is 22.8 Å². The summed E-state index contributed by atoms with van der Waals surface area (Å²) in [6, 6.07) is 9.29. The van der Waals surface area contributed by atoms with Crippen LogP contribution in [0.3, 0.4) is 0 Å². The van der Waals surface area contributed by atoms with Crippen LogP contribution in [-0.4, -0.2) is 20.9 Å². The van der Waals surface area contributed by atoms with Crippen molar-refractivity contribution in [3.8, 4) is 0 Å². The van der Waals surface area contributed by atoms with E-state index in [4.69, 9.17) is 0 Å². The molecule has 0 atom stereocenters. The molecule has 20 heavy (non-hydrogen) atoms. The van der Waals surface area contributed by atoms with Gasteiger partial charge in [-0.05, 0) is 44.2 Å². The number of hydrogen-bond donors (Lipinski definition) is 2. The molecule has 0 bridgehead atoms. The van der Waals surface area contributed by atoms with Gasteiger partial charge in [0.1, 0.15) is 0 Å². The van der Waals surface area contributed by atoms with Gasteiger partial charge in [-0.3, -0.25) is 10.1 Å². The zero-order chi connectivity index (χ0) is 14.1. The number of nitrogens with one attached hydrogen (secondary N) is 2. The largest absolute Gasteiger partial charge is 0.361 e. The highest BCUT2D eigenvalue weighted by atomic mass is 16.1. The molecule has 0 aliphatic carbocycles. The van der Waals surface area contributed by atoms with Crippen molar-refractivity contribution < 1.29 is 4.79 Å². The molecule has 0 aliphatic heterocycles. The van der Waals surface area contributed by atoms with E-state index in [1.807, 2.05) is 44.3 Å². The van der Waals surface area contributed by atoms with Crippen LogP contribution in [0.1, 0.15) is 21.7 Å². The van der Waals surface area contributed by atoms with Gasteiger partial charge in [0.15, 0.2) is 0 Å². The van der Waals surface area contributed by atoms with E-state index in [9.17, 15) is 4.79 Å². The lowest BCUT2D eigenvalue weighted by Crippen LogP contribution is -2.14. The number of benzene rings is 1. The summed E-state index contributed by atoms with van der Waals surface area (Å²) in [5, 5.41) is 3.72. The number of aryl methyl sites for hydroxylation is 2. The molecular weight excluding hydrogens is 252 g/mol. The van der Waals surface area contributed by atoms with Crippen LogP contribution in [-0.2, 0) is 0 Å². The summed E-state index contributed by atoms with van der Waals surface area (Å²) in [6.45, 7) is 3.74. The zero-order valence-electron chi connectivity index (χ0n) is 11.3. The van der Waals surface area contributed by atoms with Crippen LogP contribution in [0.25, 0.3) is 10.9 Å². The van der Waals surface area contributed by atoms with Crippen molar-refractivity contribution in [2.45, 2.75) is 13.8 Å². The molecule has 5 heteroatoms. The predicted octanol–water partition coefficient (Wildman–Crippen LogP) is 2.83. The van der Waals surface area contributed by atoms with Crippen LogP contribution in [0.2, 0.25) is 0 Å². The smallest absolute Gasteiger partial charge is 0.258 e. The van der Waals surface area contributed by atoms with Crippen LogP contribution >= 0.6 is 0 Å². The molecule has 0 radical (unpaired) electrons. The number of carbonyl (C=O) groups is 1. The monoisotopic (exact) mass is 266 g/mol. The Bertz CT molecular complexity index is 771. The zero-order valence-corrected chi connectivity index (χ0v) is 11.3. The minimum absolute atomic E-state index is 0.210. The van der Waals surface area contributed by atoms with Crippen molar-refractivity contribution in [1.29, 1.82) is 0 Å². The lowest BCUT2D eigenvalue weighted by Gasteiger charge is -2.05. The Morgan fingerprint density at radius 2 is 1.85 bits per heavy atom. The minimum atomic E-state index is -0.210. The van der Waals surface area contributed by atoms with E-state index >= 15 is 0 Å². The summed E-state index contributed by atoms with van der Waals surface area (Å²) in [6.07, 6.45) is 1.85. The first-order valence-electron chi connectivity index (χ1n) is 6.32. The second-order valence-electron chi connectivity index (χ2n) is 4.71. The Morgan fingerprint density at radius 3 is 2.60 bits per heavy atom. The van der Waals surface area contributed by atoms with Gasteiger partial charge in [-0.1, -0.05) is 0 Å². The summed E-state index contributed by atoms with van der Waals surface area (Å²) >= 11 is 0. The van der Waals surface area contributed by atoms with Crippen molar-refractivity contribution in [2.24, 2.45) is 0 Å². The molecule has 0 unspecified atom stereocenters. The number of fused-ring (bicyclic) bond motifs is 1. The van der Waals surface area contributed by atoms with E-state index in [-0.39, 0.29) is 5.91 Å². The van der Waals surface area contributed by atoms with Gasteiger partial charge in [0.05, 0.1) is 0 Å². The van der Waals surface area contributed by atoms with Gasteiger partial charge < -0.3 is 4.98 Å². The highest BCUT2D eigenvalue weighted by Gasteiger charge is 2.09. The summed E-state index contributed by atoms with van der Waals surface area (Å²) < 4.78 is 0. The van der Waals surface area contributed by atoms with Gasteiger partial charge in [0, 0.05) is 34.1 Å². The van der Waals surface area contributed by atoms with Gasteiger partial charge in [-0.15, -0.1) is 0 Å². The summed E-state index contributed by atoms with van der Waals surface area (Å²) in [4.78, 5) is 23.7. The first-order chi connectivity index (χ1) is 9.61. The second-order valence-corrected chi connectivity index (χ2v) is 4.71. The Kier molecular flexibility index (Phi) is 2.95. The minimum Gasteiger partial charge on any atom is -0.361 e. The number of H-pyrrole nitrogens is 1. The molecule has 2 N–H and O–H groups in total. The first-order valence-corrected chi connectivity index (χ1v) is 6.32. The van der Waals surface area contributed by atoms with E-state index in [1.54, 1.807) is 6.07 Å². The van der Waals surface area contributed by atoms with E-state index in [2.05, 4.69) is 20.3 Å². The fourth-order valence-corrected chi connectivity index (χ4v) is 2.15. The van der Waals surface area contributed by atoms with Crippen molar-refractivity contribution in [1.82, 2.24) is 15.0 Å². The van der Waals surface area contributed by atoms with Gasteiger partial charge in [-0.2, -0.15) is 0 Å². The maximum Gasteiger partial charge on any atom is 0.258 e. The molecule has 0 saturated carbocycles. The van der Waals surface area contributed by atoms with Gasteiger partial charge >= 0.3 is 0 Å². The number of hydrogen-bond acceptors (Lipinski definition) is 3. The lowest BCUT2D eigenvalue weighted by molar-refractivity contribution is 0.102. The molecule has 2 aromatic heterocycles. The maximum atomic E-state index is 12.2. The Morgan fingerprint density at radius 1 is 1.10 bits per heavy atom. The van der Waals surface area contributed by atoms with E-state index < -0.39 is 0 Å². The molecule has 0 saturated heterocycles. The molecule has 2 heterocycles. The van der Waals surface area contributed by atoms with E-state index in [1.165, 1.54) is 0 Å². The van der Waals surface area contributed by atoms with Crippen LogP contribution in [0.5, 0.6) is 0 Å². The van der Waals surface area contributed by atoms with Crippen LogP contribution < -0.4 is 5.32 Å². The van der Waals surface area contributed by atoms with Crippen LogP contribution in [0, 0.1) is 13.8 Å². The SMILES string of the molecule is Cc1cc(C)nc(NC(=O)c2ccc3[nH]ccc3c2)n1. The molecule has 100 valence electrons. The summed E-state index contributed by atoms with van der Waals surface area (Å²) in [7, 11) is 0. The molecule has 0 fully saturated rings. The molecule has 3 aromatic rings. The molecule has 0 spiro atoms. The van der Waals surface area contributed by atoms with E-state index in [0.29, 0.717) is 11.5 Å². The highest BCUT2D eigenvalue weighted by molar-refractivity contribution is 6.05. The Hall–Kier alpha value is -2.69. The third-order valence-electron chi connectivity index (χ3n) is 3.02. The molecule has 0 aliphatic rings. The van der Waals surface area contributed by atoms with Gasteiger partial charge in [0.2, 0.25) is 5.95 Å². The summed E-state index contributed by atoms with van der Waals surface area (Å²) in [5.74, 6) is 0.125. The highest BCUT2D eigenvalue weighted by Crippen LogP contribution is 2.15. The van der Waals surface area contributed by atoms with Crippen molar-refractivity contribution in [3.05, 3.63) is 53.5 Å². The topological polar surface area (TPSA) is 70.7 Å². The normalized spacial score (nSPS) is 10.7. The van der Waals surface area contributed by atoms with Gasteiger partial charge in [0.25, 0.3) is 5.91 Å². The van der Waals surface area contributed by atoms with Gasteiger partial charge in [-0.25, -0.2) is 9.97 Å². The van der Waals surface area contributed by atoms with Crippen molar-refractivity contribution in [2.75, 3.05) is 5.32 Å². The van der Waals surface area contributed by atoms with E-state index in [0.717, 1.165) is 22.3 Å². The fraction of sp³-hybridized carbons (Fsp3) is 0.133. The molecule has 5 nitrogen and oxygen atoms in total. The first kappa shape index (κ1) is 12.3. The number of nitrogens with zero attached hydrogens (tertiary/aromatic N) is 2. The standard InChI is InChI=1S/C15H14N4O/c1-9-7-10(2)18-15(17-9)19-14(20)12-3-4-13-11(8-12)5-6-16-13/h3-8,16H,1-2H3,(H,17,18,19,20). The number of carbonyl (C=O) groups excluding carboxylic acids is 1. The Balaban J connectivity index is 1.88. The third-order valence-corrected chi connectivity index (χ3v) is 3.02. The number of rotatable bonds is 2. The maximum absolute atomic E-state index is 12.2. The Labute approximate surface area is 116 Å². The molecule has 1 aromatic carbocycles. The van der Waals surface area contributed by atoms with Crippen LogP contribution in [0.4, 0.5) is 5.95 Å². The lowest BCUT2D eigenvalue weighted by atomic mass is 10.1. The second kappa shape index (κ2) is 4.77. The average Bonchev–Trinajstić information content (AvgIpc) is 2.84. The number of aromatic nitrogens is 3. The summed E-state index contributed by atoms with van der Waals surface area (Å²) in [5.41, 5.74) is 3.24.